The Labute approximate surface area is 107 Å². The van der Waals surface area contributed by atoms with Gasteiger partial charge in [0.05, 0.1) is 5.60 Å². The molecule has 1 aromatic carbocycles. The molecule has 3 heteroatoms. The van der Waals surface area contributed by atoms with Crippen LogP contribution in [-0.4, -0.2) is 28.8 Å². The van der Waals surface area contributed by atoms with Crippen molar-refractivity contribution in [1.82, 2.24) is 10.3 Å². The number of piperidine rings is 1. The second kappa shape index (κ2) is 4.67. The third-order valence-corrected chi connectivity index (χ3v) is 3.74. The molecule has 0 radical (unpaired) electrons. The van der Waals surface area contributed by atoms with Crippen LogP contribution in [0.2, 0.25) is 0 Å². The third kappa shape index (κ3) is 2.24. The molecule has 0 bridgehead atoms. The number of pyridine rings is 1. The van der Waals surface area contributed by atoms with Crippen molar-refractivity contribution in [3.63, 3.8) is 0 Å². The number of aliphatic hydroxyl groups is 1. The highest BCUT2D eigenvalue weighted by Crippen LogP contribution is 2.25. The molecule has 3 nitrogen and oxygen atoms in total. The van der Waals surface area contributed by atoms with Gasteiger partial charge in [-0.15, -0.1) is 0 Å². The van der Waals surface area contributed by atoms with Gasteiger partial charge in [-0.2, -0.15) is 0 Å². The average Bonchev–Trinajstić information content (AvgIpc) is 2.40. The molecule has 2 aromatic rings. The highest BCUT2D eigenvalue weighted by molar-refractivity contribution is 5.84. The fourth-order valence-corrected chi connectivity index (χ4v) is 2.80. The second-order valence-corrected chi connectivity index (χ2v) is 5.20. The van der Waals surface area contributed by atoms with Crippen molar-refractivity contribution < 1.29 is 5.11 Å². The Bertz CT molecular complexity index is 542. The summed E-state index contributed by atoms with van der Waals surface area (Å²) in [7, 11) is 0. The minimum Gasteiger partial charge on any atom is -0.388 e. The predicted molar refractivity (Wildman–Crippen MR) is 72.5 cm³/mol. The molecule has 1 aromatic heterocycles. The molecule has 1 atom stereocenters. The lowest BCUT2D eigenvalue weighted by Gasteiger charge is -2.33. The lowest BCUT2D eigenvalue weighted by atomic mass is 9.86. The van der Waals surface area contributed by atoms with Crippen LogP contribution < -0.4 is 5.32 Å². The summed E-state index contributed by atoms with van der Waals surface area (Å²) in [6.07, 6.45) is 6.32. The molecule has 1 aliphatic heterocycles. The van der Waals surface area contributed by atoms with Gasteiger partial charge in [0.25, 0.3) is 0 Å². The Balaban J connectivity index is 1.94. The van der Waals surface area contributed by atoms with Crippen molar-refractivity contribution in [1.29, 1.82) is 0 Å². The van der Waals surface area contributed by atoms with Crippen molar-refractivity contribution >= 4 is 10.8 Å². The molecule has 2 N–H and O–H groups in total. The van der Waals surface area contributed by atoms with E-state index in [4.69, 9.17) is 0 Å². The van der Waals surface area contributed by atoms with Gasteiger partial charge in [0.15, 0.2) is 0 Å². The van der Waals surface area contributed by atoms with Crippen LogP contribution in [0.25, 0.3) is 10.8 Å². The molecule has 1 aliphatic rings. The molecule has 1 saturated heterocycles. The highest BCUT2D eigenvalue weighted by atomic mass is 16.3. The Morgan fingerprint density at radius 1 is 1.33 bits per heavy atom. The smallest absolute Gasteiger partial charge is 0.0812 e. The zero-order chi connectivity index (χ0) is 12.4. The molecule has 94 valence electrons. The number of β-amino-alcohol motifs (C(OH)–C–C–N with tert-alkyl or cyclic N) is 1. The largest absolute Gasteiger partial charge is 0.388 e. The second-order valence-electron chi connectivity index (χ2n) is 5.20. The van der Waals surface area contributed by atoms with Crippen molar-refractivity contribution in [3.8, 4) is 0 Å². The SMILES string of the molecule is OC1(Cc2cccc3cnccc23)CCCNC1. The Kier molecular flexibility index (Phi) is 3.02. The summed E-state index contributed by atoms with van der Waals surface area (Å²) in [5.41, 5.74) is 0.608. The number of nitrogens with zero attached hydrogens (tertiary/aromatic N) is 1. The first-order valence-corrected chi connectivity index (χ1v) is 6.52. The van der Waals surface area contributed by atoms with E-state index in [1.807, 2.05) is 24.5 Å². The third-order valence-electron chi connectivity index (χ3n) is 3.74. The zero-order valence-electron chi connectivity index (χ0n) is 10.4. The molecule has 3 rings (SSSR count). The van der Waals surface area contributed by atoms with Crippen LogP contribution in [0.4, 0.5) is 0 Å². The van der Waals surface area contributed by atoms with Crippen molar-refractivity contribution in [3.05, 3.63) is 42.2 Å². The van der Waals surface area contributed by atoms with Gasteiger partial charge in [-0.1, -0.05) is 18.2 Å². The number of nitrogens with one attached hydrogen (secondary N) is 1. The lowest BCUT2D eigenvalue weighted by Crippen LogP contribution is -2.47. The molecule has 1 fully saturated rings. The number of fused-ring (bicyclic) bond motifs is 1. The van der Waals surface area contributed by atoms with E-state index in [1.54, 1.807) is 0 Å². The number of aromatic nitrogens is 1. The normalized spacial score (nSPS) is 24.3. The quantitative estimate of drug-likeness (QED) is 0.845. The molecule has 0 saturated carbocycles. The van der Waals surface area contributed by atoms with Gasteiger partial charge in [-0.3, -0.25) is 4.98 Å². The topological polar surface area (TPSA) is 45.2 Å². The minimum atomic E-state index is -0.601. The molecular weight excluding hydrogens is 224 g/mol. The van der Waals surface area contributed by atoms with Crippen LogP contribution in [0.3, 0.4) is 0 Å². The van der Waals surface area contributed by atoms with E-state index in [1.165, 1.54) is 10.9 Å². The molecule has 2 heterocycles. The van der Waals surface area contributed by atoms with E-state index in [9.17, 15) is 5.11 Å². The van der Waals surface area contributed by atoms with Gasteiger partial charge in [-0.05, 0) is 36.4 Å². The summed E-state index contributed by atoms with van der Waals surface area (Å²) in [5, 5.41) is 16.2. The van der Waals surface area contributed by atoms with E-state index < -0.39 is 5.60 Å². The van der Waals surface area contributed by atoms with Gasteiger partial charge in [0.2, 0.25) is 0 Å². The van der Waals surface area contributed by atoms with Gasteiger partial charge >= 0.3 is 0 Å². The maximum atomic E-state index is 10.6. The maximum Gasteiger partial charge on any atom is 0.0812 e. The van der Waals surface area contributed by atoms with Crippen molar-refractivity contribution in [2.75, 3.05) is 13.1 Å². The first-order chi connectivity index (χ1) is 8.77. The first kappa shape index (κ1) is 11.6. The van der Waals surface area contributed by atoms with Crippen LogP contribution in [0.15, 0.2) is 36.7 Å². The Morgan fingerprint density at radius 3 is 3.11 bits per heavy atom. The van der Waals surface area contributed by atoms with Crippen LogP contribution in [-0.2, 0) is 6.42 Å². The van der Waals surface area contributed by atoms with Crippen molar-refractivity contribution in [2.45, 2.75) is 24.9 Å². The van der Waals surface area contributed by atoms with Gasteiger partial charge in [0.1, 0.15) is 0 Å². The van der Waals surface area contributed by atoms with E-state index in [2.05, 4.69) is 22.4 Å². The highest BCUT2D eigenvalue weighted by Gasteiger charge is 2.29. The van der Waals surface area contributed by atoms with Gasteiger partial charge in [-0.25, -0.2) is 0 Å². The summed E-state index contributed by atoms with van der Waals surface area (Å²) in [4.78, 5) is 4.14. The predicted octanol–water partition coefficient (Wildman–Crippen LogP) is 1.89. The first-order valence-electron chi connectivity index (χ1n) is 6.52. The molecule has 1 unspecified atom stereocenters. The lowest BCUT2D eigenvalue weighted by molar-refractivity contribution is 0.0172. The summed E-state index contributed by atoms with van der Waals surface area (Å²) < 4.78 is 0. The van der Waals surface area contributed by atoms with Crippen LogP contribution in [0.5, 0.6) is 0 Å². The van der Waals surface area contributed by atoms with E-state index >= 15 is 0 Å². The van der Waals surface area contributed by atoms with Crippen LogP contribution >= 0.6 is 0 Å². The fourth-order valence-electron chi connectivity index (χ4n) is 2.80. The van der Waals surface area contributed by atoms with Gasteiger partial charge < -0.3 is 10.4 Å². The van der Waals surface area contributed by atoms with E-state index in [-0.39, 0.29) is 0 Å². The number of benzene rings is 1. The minimum absolute atomic E-state index is 0.601. The van der Waals surface area contributed by atoms with Crippen molar-refractivity contribution in [2.24, 2.45) is 0 Å². The molecule has 18 heavy (non-hydrogen) atoms. The number of hydrogen-bond acceptors (Lipinski definition) is 3. The summed E-state index contributed by atoms with van der Waals surface area (Å²) in [5.74, 6) is 0. The molecule has 0 aliphatic carbocycles. The fraction of sp³-hybridized carbons (Fsp3) is 0.400. The molecule has 0 amide bonds. The Morgan fingerprint density at radius 2 is 2.28 bits per heavy atom. The average molecular weight is 242 g/mol. The standard InChI is InChI=1S/C15H18N2O/c18-15(6-2-7-17-11-15)9-12-3-1-4-13-10-16-8-5-14(12)13/h1,3-5,8,10,17-18H,2,6-7,9,11H2. The zero-order valence-corrected chi connectivity index (χ0v) is 10.4. The molecular formula is C15H18N2O. The van der Waals surface area contributed by atoms with Gasteiger partial charge in [0, 0.05) is 30.7 Å². The summed E-state index contributed by atoms with van der Waals surface area (Å²) >= 11 is 0. The monoisotopic (exact) mass is 242 g/mol. The Hall–Kier alpha value is -1.45. The number of rotatable bonds is 2. The van der Waals surface area contributed by atoms with E-state index in [0.717, 1.165) is 24.8 Å². The van der Waals surface area contributed by atoms with Crippen LogP contribution in [0.1, 0.15) is 18.4 Å². The number of hydrogen-bond donors (Lipinski definition) is 2. The van der Waals surface area contributed by atoms with E-state index in [0.29, 0.717) is 13.0 Å². The molecule has 0 spiro atoms. The summed E-state index contributed by atoms with van der Waals surface area (Å²) in [6, 6.07) is 8.24. The maximum absolute atomic E-state index is 10.6. The van der Waals surface area contributed by atoms with Crippen LogP contribution in [0, 0.1) is 0 Å². The summed E-state index contributed by atoms with van der Waals surface area (Å²) in [6.45, 7) is 1.70.